The second kappa shape index (κ2) is 6.40. The molecule has 0 bridgehead atoms. The molecule has 100 valence electrons. The van der Waals surface area contributed by atoms with Crippen LogP contribution in [0.3, 0.4) is 0 Å². The van der Waals surface area contributed by atoms with Crippen molar-refractivity contribution in [3.63, 3.8) is 0 Å². The van der Waals surface area contributed by atoms with Gasteiger partial charge < -0.3 is 15.2 Å². The molecule has 0 aliphatic heterocycles. The SMILES string of the molecule is CCNC(C)(CC(=O)O)Cc1ccc(OC)cc1. The van der Waals surface area contributed by atoms with Crippen molar-refractivity contribution >= 4 is 5.97 Å². The van der Waals surface area contributed by atoms with Crippen LogP contribution in [0.2, 0.25) is 0 Å². The molecule has 4 heteroatoms. The molecule has 0 radical (unpaired) electrons. The van der Waals surface area contributed by atoms with Gasteiger partial charge in [-0.25, -0.2) is 0 Å². The van der Waals surface area contributed by atoms with E-state index in [0.717, 1.165) is 17.9 Å². The maximum absolute atomic E-state index is 10.9. The monoisotopic (exact) mass is 251 g/mol. The molecule has 0 heterocycles. The highest BCUT2D eigenvalue weighted by molar-refractivity contribution is 5.68. The van der Waals surface area contributed by atoms with Crippen molar-refractivity contribution in [3.8, 4) is 5.75 Å². The predicted molar refractivity (Wildman–Crippen MR) is 71.0 cm³/mol. The average Bonchev–Trinajstić information content (AvgIpc) is 2.28. The van der Waals surface area contributed by atoms with E-state index >= 15 is 0 Å². The van der Waals surface area contributed by atoms with Crippen LogP contribution in [-0.4, -0.2) is 30.3 Å². The van der Waals surface area contributed by atoms with E-state index in [1.165, 1.54) is 0 Å². The molecule has 1 atom stereocenters. The van der Waals surface area contributed by atoms with Gasteiger partial charge in [-0.1, -0.05) is 19.1 Å². The summed E-state index contributed by atoms with van der Waals surface area (Å²) in [5.41, 5.74) is 0.676. The predicted octanol–water partition coefficient (Wildman–Crippen LogP) is 2.08. The Balaban J connectivity index is 2.78. The van der Waals surface area contributed by atoms with Crippen molar-refractivity contribution in [1.82, 2.24) is 5.32 Å². The van der Waals surface area contributed by atoms with Crippen molar-refractivity contribution in [2.24, 2.45) is 0 Å². The van der Waals surface area contributed by atoms with Crippen LogP contribution in [0, 0.1) is 0 Å². The summed E-state index contributed by atoms with van der Waals surface area (Å²) >= 11 is 0. The number of benzene rings is 1. The first kappa shape index (κ1) is 14.5. The molecule has 0 saturated heterocycles. The molecule has 0 saturated carbocycles. The lowest BCUT2D eigenvalue weighted by Gasteiger charge is -2.29. The van der Waals surface area contributed by atoms with Crippen LogP contribution in [0.15, 0.2) is 24.3 Å². The molecule has 4 nitrogen and oxygen atoms in total. The summed E-state index contributed by atoms with van der Waals surface area (Å²) in [5.74, 6) is 0.0223. The first-order valence-electron chi connectivity index (χ1n) is 6.09. The summed E-state index contributed by atoms with van der Waals surface area (Å²) in [7, 11) is 1.63. The Hall–Kier alpha value is -1.55. The zero-order valence-electron chi connectivity index (χ0n) is 11.2. The molecule has 0 aliphatic carbocycles. The Labute approximate surface area is 108 Å². The van der Waals surface area contributed by atoms with Crippen LogP contribution in [0.5, 0.6) is 5.75 Å². The Kier molecular flexibility index (Phi) is 5.16. The van der Waals surface area contributed by atoms with E-state index in [1.807, 2.05) is 38.1 Å². The van der Waals surface area contributed by atoms with Crippen LogP contribution in [0.4, 0.5) is 0 Å². The molecular formula is C14H21NO3. The van der Waals surface area contributed by atoms with Crippen LogP contribution in [-0.2, 0) is 11.2 Å². The van der Waals surface area contributed by atoms with Crippen LogP contribution < -0.4 is 10.1 Å². The summed E-state index contributed by atoms with van der Waals surface area (Å²) in [4.78, 5) is 10.9. The average molecular weight is 251 g/mol. The van der Waals surface area contributed by atoms with E-state index in [1.54, 1.807) is 7.11 Å². The third-order valence-corrected chi connectivity index (χ3v) is 2.90. The number of carboxylic acids is 1. The number of nitrogens with one attached hydrogen (secondary N) is 1. The van der Waals surface area contributed by atoms with E-state index < -0.39 is 11.5 Å². The van der Waals surface area contributed by atoms with E-state index in [9.17, 15) is 4.79 Å². The molecule has 1 rings (SSSR count). The third-order valence-electron chi connectivity index (χ3n) is 2.90. The Bertz CT molecular complexity index is 389. The van der Waals surface area contributed by atoms with Gasteiger partial charge in [-0.05, 0) is 37.6 Å². The zero-order valence-corrected chi connectivity index (χ0v) is 11.2. The van der Waals surface area contributed by atoms with Crippen LogP contribution in [0.1, 0.15) is 25.8 Å². The van der Waals surface area contributed by atoms with Gasteiger partial charge in [0.05, 0.1) is 13.5 Å². The molecular weight excluding hydrogens is 230 g/mol. The lowest BCUT2D eigenvalue weighted by molar-refractivity contribution is -0.138. The van der Waals surface area contributed by atoms with Crippen molar-refractivity contribution < 1.29 is 14.6 Å². The van der Waals surface area contributed by atoms with E-state index in [2.05, 4.69) is 5.32 Å². The standard InChI is InChI=1S/C14H21NO3/c1-4-15-14(2,10-13(16)17)9-11-5-7-12(18-3)8-6-11/h5-8,15H,4,9-10H2,1-3H3,(H,16,17). The van der Waals surface area contributed by atoms with Crippen molar-refractivity contribution in [2.75, 3.05) is 13.7 Å². The molecule has 2 N–H and O–H groups in total. The first-order valence-corrected chi connectivity index (χ1v) is 6.09. The lowest BCUT2D eigenvalue weighted by Crippen LogP contribution is -2.45. The van der Waals surface area contributed by atoms with Crippen LogP contribution in [0.25, 0.3) is 0 Å². The lowest BCUT2D eigenvalue weighted by atomic mass is 9.89. The van der Waals surface area contributed by atoms with E-state index in [4.69, 9.17) is 9.84 Å². The summed E-state index contributed by atoms with van der Waals surface area (Å²) in [6.07, 6.45) is 0.782. The number of hydrogen-bond donors (Lipinski definition) is 2. The number of carbonyl (C=O) groups is 1. The normalized spacial score (nSPS) is 13.9. The van der Waals surface area contributed by atoms with Gasteiger partial charge in [0.15, 0.2) is 0 Å². The molecule has 0 aromatic heterocycles. The van der Waals surface area contributed by atoms with Gasteiger partial charge in [0.25, 0.3) is 0 Å². The molecule has 1 unspecified atom stereocenters. The van der Waals surface area contributed by atoms with E-state index in [0.29, 0.717) is 6.42 Å². The Morgan fingerprint density at radius 3 is 2.44 bits per heavy atom. The zero-order chi connectivity index (χ0) is 13.6. The van der Waals surface area contributed by atoms with Crippen molar-refractivity contribution in [3.05, 3.63) is 29.8 Å². The fourth-order valence-corrected chi connectivity index (χ4v) is 2.14. The third kappa shape index (κ3) is 4.37. The van der Waals surface area contributed by atoms with Crippen molar-refractivity contribution in [1.29, 1.82) is 0 Å². The smallest absolute Gasteiger partial charge is 0.305 e. The second-order valence-electron chi connectivity index (χ2n) is 4.69. The molecule has 18 heavy (non-hydrogen) atoms. The number of aliphatic carboxylic acids is 1. The minimum absolute atomic E-state index is 0.104. The first-order chi connectivity index (χ1) is 8.49. The molecule has 1 aromatic carbocycles. The van der Waals surface area contributed by atoms with Crippen LogP contribution >= 0.6 is 0 Å². The number of carboxylic acid groups (broad SMARTS) is 1. The van der Waals surface area contributed by atoms with Gasteiger partial charge in [-0.15, -0.1) is 0 Å². The number of rotatable bonds is 7. The fourth-order valence-electron chi connectivity index (χ4n) is 2.14. The quantitative estimate of drug-likeness (QED) is 0.779. The summed E-state index contributed by atoms with van der Waals surface area (Å²) in [6, 6.07) is 7.72. The highest BCUT2D eigenvalue weighted by Crippen LogP contribution is 2.19. The van der Waals surface area contributed by atoms with Gasteiger partial charge in [0, 0.05) is 5.54 Å². The largest absolute Gasteiger partial charge is 0.497 e. The molecule has 0 amide bonds. The maximum Gasteiger partial charge on any atom is 0.305 e. The van der Waals surface area contributed by atoms with Gasteiger partial charge in [0.1, 0.15) is 5.75 Å². The molecule has 1 aromatic rings. The summed E-state index contributed by atoms with van der Waals surface area (Å²) in [5, 5.41) is 12.2. The highest BCUT2D eigenvalue weighted by Gasteiger charge is 2.26. The van der Waals surface area contributed by atoms with Gasteiger partial charge in [-0.3, -0.25) is 4.79 Å². The van der Waals surface area contributed by atoms with Crippen molar-refractivity contribution in [2.45, 2.75) is 32.2 Å². The number of ether oxygens (including phenoxy) is 1. The fraction of sp³-hybridized carbons (Fsp3) is 0.500. The molecule has 0 spiro atoms. The summed E-state index contributed by atoms with van der Waals surface area (Å²) < 4.78 is 5.10. The minimum Gasteiger partial charge on any atom is -0.497 e. The second-order valence-corrected chi connectivity index (χ2v) is 4.69. The Morgan fingerprint density at radius 2 is 2.00 bits per heavy atom. The molecule has 0 fully saturated rings. The van der Waals surface area contributed by atoms with Gasteiger partial charge in [0.2, 0.25) is 0 Å². The maximum atomic E-state index is 10.9. The van der Waals surface area contributed by atoms with Gasteiger partial charge in [-0.2, -0.15) is 0 Å². The van der Waals surface area contributed by atoms with E-state index in [-0.39, 0.29) is 6.42 Å². The Morgan fingerprint density at radius 1 is 1.39 bits per heavy atom. The van der Waals surface area contributed by atoms with Gasteiger partial charge >= 0.3 is 5.97 Å². The minimum atomic E-state index is -0.785. The number of methoxy groups -OCH3 is 1. The number of likely N-dealkylation sites (N-methyl/N-ethyl adjacent to an activating group) is 1. The highest BCUT2D eigenvalue weighted by atomic mass is 16.5. The summed E-state index contributed by atoms with van der Waals surface area (Å²) in [6.45, 7) is 4.67. The topological polar surface area (TPSA) is 58.6 Å². The molecule has 0 aliphatic rings. The number of hydrogen-bond acceptors (Lipinski definition) is 3.